The summed E-state index contributed by atoms with van der Waals surface area (Å²) < 4.78 is 18.3. The zero-order valence-electron chi connectivity index (χ0n) is 14.2. The van der Waals surface area contributed by atoms with Crippen LogP contribution in [-0.4, -0.2) is 52.0 Å². The number of carbonyl (C=O) groups excluding carboxylic acids is 1. The molecule has 132 valence electrons. The SMILES string of the molecule is Cc1nc(CN2CCN(C(=O)[C@@H]3C[C@H]3c3cccc(F)c3)CC2)no1. The fraction of sp³-hybridized carbons (Fsp3) is 0.500. The summed E-state index contributed by atoms with van der Waals surface area (Å²) in [5.74, 6) is 1.40. The number of aryl methyl sites for hydroxylation is 1. The van der Waals surface area contributed by atoms with Crippen LogP contribution in [0.25, 0.3) is 0 Å². The Kier molecular flexibility index (Phi) is 4.25. The molecule has 4 rings (SSSR count). The van der Waals surface area contributed by atoms with Crippen molar-refractivity contribution in [1.29, 1.82) is 0 Å². The van der Waals surface area contributed by atoms with Gasteiger partial charge < -0.3 is 9.42 Å². The Morgan fingerprint density at radius 3 is 2.80 bits per heavy atom. The molecule has 7 heteroatoms. The summed E-state index contributed by atoms with van der Waals surface area (Å²) >= 11 is 0. The van der Waals surface area contributed by atoms with Gasteiger partial charge in [0.25, 0.3) is 0 Å². The standard InChI is InChI=1S/C18H21FN4O2/c1-12-20-17(21-25-12)11-22-5-7-23(8-6-22)18(24)16-10-15(16)13-3-2-4-14(19)9-13/h2-4,9,15-16H,5-8,10-11H2,1H3/t15-,16+/m0/s1. The van der Waals surface area contributed by atoms with Gasteiger partial charge in [0, 0.05) is 39.0 Å². The minimum absolute atomic E-state index is 0.00760. The van der Waals surface area contributed by atoms with Crippen molar-refractivity contribution in [3.8, 4) is 0 Å². The second-order valence-corrected chi connectivity index (χ2v) is 6.83. The lowest BCUT2D eigenvalue weighted by Gasteiger charge is -2.34. The van der Waals surface area contributed by atoms with Crippen molar-refractivity contribution >= 4 is 5.91 Å². The lowest BCUT2D eigenvalue weighted by Crippen LogP contribution is -2.49. The minimum Gasteiger partial charge on any atom is -0.340 e. The van der Waals surface area contributed by atoms with Crippen molar-refractivity contribution < 1.29 is 13.7 Å². The summed E-state index contributed by atoms with van der Waals surface area (Å²) in [5.41, 5.74) is 0.935. The Hall–Kier alpha value is -2.28. The highest BCUT2D eigenvalue weighted by molar-refractivity contribution is 5.83. The fourth-order valence-corrected chi connectivity index (χ4v) is 3.54. The molecular weight excluding hydrogens is 323 g/mol. The summed E-state index contributed by atoms with van der Waals surface area (Å²) in [7, 11) is 0. The summed E-state index contributed by atoms with van der Waals surface area (Å²) in [5, 5.41) is 3.91. The van der Waals surface area contributed by atoms with E-state index in [1.807, 2.05) is 11.0 Å². The normalized spacial score (nSPS) is 23.7. The molecule has 1 aromatic heterocycles. The third-order valence-corrected chi connectivity index (χ3v) is 5.00. The summed E-state index contributed by atoms with van der Waals surface area (Å²) in [4.78, 5) is 21.0. The van der Waals surface area contributed by atoms with Gasteiger partial charge >= 0.3 is 0 Å². The van der Waals surface area contributed by atoms with Crippen LogP contribution in [0, 0.1) is 18.7 Å². The van der Waals surface area contributed by atoms with Gasteiger partial charge in [-0.05, 0) is 30.0 Å². The Bertz CT molecular complexity index is 770. The van der Waals surface area contributed by atoms with Crippen LogP contribution in [-0.2, 0) is 11.3 Å². The van der Waals surface area contributed by atoms with Crippen LogP contribution in [0.1, 0.15) is 29.6 Å². The third-order valence-electron chi connectivity index (χ3n) is 5.00. The van der Waals surface area contributed by atoms with E-state index in [0.717, 1.165) is 25.1 Å². The largest absolute Gasteiger partial charge is 0.340 e. The van der Waals surface area contributed by atoms with E-state index in [1.165, 1.54) is 6.07 Å². The van der Waals surface area contributed by atoms with E-state index < -0.39 is 0 Å². The van der Waals surface area contributed by atoms with E-state index >= 15 is 0 Å². The molecule has 2 heterocycles. The smallest absolute Gasteiger partial charge is 0.226 e. The van der Waals surface area contributed by atoms with Crippen LogP contribution < -0.4 is 0 Å². The van der Waals surface area contributed by atoms with Gasteiger partial charge in [-0.3, -0.25) is 9.69 Å². The molecule has 0 N–H and O–H groups in total. The average molecular weight is 344 g/mol. The van der Waals surface area contributed by atoms with E-state index in [2.05, 4.69) is 15.0 Å². The molecule has 25 heavy (non-hydrogen) atoms. The number of hydrogen-bond acceptors (Lipinski definition) is 5. The number of halogens is 1. The molecule has 1 aromatic carbocycles. The Morgan fingerprint density at radius 2 is 2.12 bits per heavy atom. The monoisotopic (exact) mass is 344 g/mol. The van der Waals surface area contributed by atoms with Gasteiger partial charge in [-0.15, -0.1) is 0 Å². The molecule has 2 aromatic rings. The lowest BCUT2D eigenvalue weighted by atomic mass is 10.1. The zero-order chi connectivity index (χ0) is 17.4. The van der Waals surface area contributed by atoms with Gasteiger partial charge in [0.05, 0.1) is 6.54 Å². The van der Waals surface area contributed by atoms with Crippen LogP contribution in [0.3, 0.4) is 0 Å². The first-order valence-electron chi connectivity index (χ1n) is 8.66. The molecule has 1 aliphatic carbocycles. The number of rotatable bonds is 4. The number of aromatic nitrogens is 2. The topological polar surface area (TPSA) is 62.5 Å². The van der Waals surface area contributed by atoms with Crippen molar-refractivity contribution in [2.45, 2.75) is 25.8 Å². The maximum absolute atomic E-state index is 13.3. The predicted octanol–water partition coefficient (Wildman–Crippen LogP) is 1.97. The molecule has 0 unspecified atom stereocenters. The number of amides is 1. The number of nitrogens with zero attached hydrogens (tertiary/aromatic N) is 4. The van der Waals surface area contributed by atoms with Crippen molar-refractivity contribution in [3.63, 3.8) is 0 Å². The molecule has 1 aliphatic heterocycles. The van der Waals surface area contributed by atoms with Crippen LogP contribution in [0.2, 0.25) is 0 Å². The molecule has 1 saturated heterocycles. The van der Waals surface area contributed by atoms with Gasteiger partial charge in [0.1, 0.15) is 5.82 Å². The minimum atomic E-state index is -0.235. The molecular formula is C18H21FN4O2. The summed E-state index contributed by atoms with van der Waals surface area (Å²) in [6.45, 7) is 5.45. The van der Waals surface area contributed by atoms with E-state index in [0.29, 0.717) is 31.3 Å². The van der Waals surface area contributed by atoms with Crippen molar-refractivity contribution in [3.05, 3.63) is 47.4 Å². The lowest BCUT2D eigenvalue weighted by molar-refractivity contribution is -0.134. The summed E-state index contributed by atoms with van der Waals surface area (Å²) in [6.07, 6.45) is 0.824. The third kappa shape index (κ3) is 3.56. The molecule has 0 bridgehead atoms. The maximum atomic E-state index is 13.3. The quantitative estimate of drug-likeness (QED) is 0.848. The van der Waals surface area contributed by atoms with Crippen molar-refractivity contribution in [1.82, 2.24) is 19.9 Å². The molecule has 2 atom stereocenters. The Balaban J connectivity index is 1.29. The molecule has 0 radical (unpaired) electrons. The second kappa shape index (κ2) is 6.55. The molecule has 6 nitrogen and oxygen atoms in total. The highest BCUT2D eigenvalue weighted by atomic mass is 19.1. The van der Waals surface area contributed by atoms with Crippen LogP contribution in [0.15, 0.2) is 28.8 Å². The van der Waals surface area contributed by atoms with E-state index in [-0.39, 0.29) is 23.6 Å². The number of benzene rings is 1. The molecule has 1 saturated carbocycles. The maximum Gasteiger partial charge on any atom is 0.226 e. The Labute approximate surface area is 145 Å². The van der Waals surface area contributed by atoms with Gasteiger partial charge in [-0.25, -0.2) is 4.39 Å². The highest BCUT2D eigenvalue weighted by Crippen LogP contribution is 2.48. The summed E-state index contributed by atoms with van der Waals surface area (Å²) in [6, 6.07) is 6.60. The first-order valence-corrected chi connectivity index (χ1v) is 8.66. The van der Waals surface area contributed by atoms with Gasteiger partial charge in [-0.1, -0.05) is 17.3 Å². The van der Waals surface area contributed by atoms with E-state index in [9.17, 15) is 9.18 Å². The second-order valence-electron chi connectivity index (χ2n) is 6.83. The van der Waals surface area contributed by atoms with E-state index in [1.54, 1.807) is 19.1 Å². The zero-order valence-corrected chi connectivity index (χ0v) is 14.2. The number of piperazine rings is 1. The predicted molar refractivity (Wildman–Crippen MR) is 88.1 cm³/mol. The van der Waals surface area contributed by atoms with Crippen molar-refractivity contribution in [2.24, 2.45) is 5.92 Å². The van der Waals surface area contributed by atoms with Crippen molar-refractivity contribution in [2.75, 3.05) is 26.2 Å². The van der Waals surface area contributed by atoms with Gasteiger partial charge in [-0.2, -0.15) is 4.98 Å². The van der Waals surface area contributed by atoms with Gasteiger partial charge in [0.15, 0.2) is 5.82 Å². The molecule has 2 fully saturated rings. The number of hydrogen-bond donors (Lipinski definition) is 0. The molecule has 2 aliphatic rings. The van der Waals surface area contributed by atoms with Gasteiger partial charge in [0.2, 0.25) is 11.8 Å². The van der Waals surface area contributed by atoms with Crippen LogP contribution >= 0.6 is 0 Å². The average Bonchev–Trinajstić information content (AvgIpc) is 3.31. The molecule has 0 spiro atoms. The first-order chi connectivity index (χ1) is 12.1. The number of carbonyl (C=O) groups is 1. The Morgan fingerprint density at radius 1 is 1.32 bits per heavy atom. The fourth-order valence-electron chi connectivity index (χ4n) is 3.54. The molecule has 1 amide bonds. The first kappa shape index (κ1) is 16.2. The van der Waals surface area contributed by atoms with E-state index in [4.69, 9.17) is 4.52 Å². The van der Waals surface area contributed by atoms with Crippen LogP contribution in [0.5, 0.6) is 0 Å². The van der Waals surface area contributed by atoms with Crippen LogP contribution in [0.4, 0.5) is 4.39 Å². The highest BCUT2D eigenvalue weighted by Gasteiger charge is 2.46.